The first-order valence-corrected chi connectivity index (χ1v) is 10.0. The van der Waals surface area contributed by atoms with Crippen molar-refractivity contribution in [1.29, 1.82) is 0 Å². The smallest absolute Gasteiger partial charge is 0.246 e. The normalized spacial score (nSPS) is 22.1. The Kier molecular flexibility index (Phi) is 4.97. The molecule has 5 nitrogen and oxygen atoms in total. The molecule has 1 atom stereocenters. The molecule has 1 saturated heterocycles. The third-order valence-electron chi connectivity index (χ3n) is 5.20. The van der Waals surface area contributed by atoms with Gasteiger partial charge in [-0.2, -0.15) is 4.31 Å². The van der Waals surface area contributed by atoms with Crippen LogP contribution >= 0.6 is 0 Å². The second kappa shape index (κ2) is 6.71. The van der Waals surface area contributed by atoms with Crippen LogP contribution in [-0.4, -0.2) is 44.4 Å². The number of hydrogen-bond donors (Lipinski definition) is 2. The van der Waals surface area contributed by atoms with Crippen LogP contribution in [0.1, 0.15) is 32.6 Å². The highest BCUT2D eigenvalue weighted by Crippen LogP contribution is 2.50. The fraction of sp³-hybridized carbons (Fsp3) is 0.647. The van der Waals surface area contributed by atoms with Crippen LogP contribution in [0.4, 0.5) is 4.39 Å². The quantitative estimate of drug-likeness (QED) is 0.781. The van der Waals surface area contributed by atoms with E-state index in [1.54, 1.807) is 6.07 Å². The predicted molar refractivity (Wildman–Crippen MR) is 91.5 cm³/mol. The Morgan fingerprint density at radius 1 is 1.38 bits per heavy atom. The van der Waals surface area contributed by atoms with Gasteiger partial charge in [-0.1, -0.05) is 12.1 Å². The van der Waals surface area contributed by atoms with Crippen LogP contribution in [0.5, 0.6) is 0 Å². The van der Waals surface area contributed by atoms with Gasteiger partial charge in [0, 0.05) is 30.6 Å². The molecular formula is C17H26FN3O2S. The summed E-state index contributed by atoms with van der Waals surface area (Å²) < 4.78 is 40.2. The molecule has 2 aliphatic rings. The number of nitrogens with one attached hydrogen (secondary N) is 1. The molecule has 0 amide bonds. The molecular weight excluding hydrogens is 329 g/mol. The molecule has 3 rings (SSSR count). The Balaban J connectivity index is 1.51. The summed E-state index contributed by atoms with van der Waals surface area (Å²) in [5.74, 6) is -0.680. The van der Waals surface area contributed by atoms with Crippen LogP contribution in [0, 0.1) is 11.2 Å². The number of halogens is 1. The molecule has 1 aromatic carbocycles. The Labute approximate surface area is 143 Å². The summed E-state index contributed by atoms with van der Waals surface area (Å²) in [5.41, 5.74) is 5.61. The Morgan fingerprint density at radius 3 is 2.67 bits per heavy atom. The van der Waals surface area contributed by atoms with Gasteiger partial charge in [-0.3, -0.25) is 0 Å². The van der Waals surface area contributed by atoms with E-state index in [1.165, 1.54) is 22.5 Å². The zero-order valence-corrected chi connectivity index (χ0v) is 14.9. The zero-order chi connectivity index (χ0) is 17.4. The second-order valence-corrected chi connectivity index (χ2v) is 9.21. The molecule has 1 spiro atoms. The first-order chi connectivity index (χ1) is 11.4. The second-order valence-electron chi connectivity index (χ2n) is 7.31. The highest BCUT2D eigenvalue weighted by atomic mass is 32.2. The molecule has 1 aromatic rings. The van der Waals surface area contributed by atoms with Gasteiger partial charge in [0.2, 0.25) is 10.0 Å². The minimum atomic E-state index is -3.71. The summed E-state index contributed by atoms with van der Waals surface area (Å²) in [7, 11) is -3.71. The van der Waals surface area contributed by atoms with Crippen molar-refractivity contribution in [3.8, 4) is 0 Å². The van der Waals surface area contributed by atoms with Crippen LogP contribution in [0.25, 0.3) is 0 Å². The Bertz CT molecular complexity index is 681. The lowest BCUT2D eigenvalue weighted by Crippen LogP contribution is -2.67. The van der Waals surface area contributed by atoms with Crippen LogP contribution < -0.4 is 11.1 Å². The number of benzene rings is 1. The van der Waals surface area contributed by atoms with Gasteiger partial charge in [0.25, 0.3) is 0 Å². The van der Waals surface area contributed by atoms with Crippen molar-refractivity contribution >= 4 is 10.0 Å². The van der Waals surface area contributed by atoms with E-state index in [0.717, 1.165) is 25.7 Å². The molecule has 1 unspecified atom stereocenters. The Hall–Kier alpha value is -1.02. The van der Waals surface area contributed by atoms with Gasteiger partial charge in [-0.15, -0.1) is 0 Å². The average Bonchev–Trinajstić information content (AvgIpc) is 2.46. The minimum Gasteiger partial charge on any atom is -0.330 e. The topological polar surface area (TPSA) is 75.4 Å². The fourth-order valence-corrected chi connectivity index (χ4v) is 5.67. The summed E-state index contributed by atoms with van der Waals surface area (Å²) in [6.07, 6.45) is 4.06. The molecule has 0 radical (unpaired) electrons. The lowest BCUT2D eigenvalue weighted by atomic mass is 9.61. The number of nitrogens with zero attached hydrogens (tertiary/aromatic N) is 1. The molecule has 24 heavy (non-hydrogen) atoms. The maximum Gasteiger partial charge on any atom is 0.246 e. The lowest BCUT2D eigenvalue weighted by Gasteiger charge is -2.58. The molecule has 2 fully saturated rings. The number of sulfonamides is 1. The molecule has 1 heterocycles. The van der Waals surface area contributed by atoms with Crippen molar-refractivity contribution in [2.24, 2.45) is 11.1 Å². The standard InChI is InChI=1S/C17H26FN3O2S/c1-13(5-4-8-19)20-14-9-17(10-14)11-21(12-17)24(22,23)16-7-3-2-6-15(16)18/h2-3,6-7,13-14,20H,4-5,8-12,19H2,1H3. The van der Waals surface area contributed by atoms with Crippen LogP contribution in [0.3, 0.4) is 0 Å². The van der Waals surface area contributed by atoms with Gasteiger partial charge in [-0.05, 0) is 51.3 Å². The van der Waals surface area contributed by atoms with Crippen molar-refractivity contribution in [2.45, 2.75) is 49.6 Å². The summed E-state index contributed by atoms with van der Waals surface area (Å²) in [4.78, 5) is -0.218. The molecule has 1 aliphatic heterocycles. The van der Waals surface area contributed by atoms with Gasteiger partial charge in [0.15, 0.2) is 0 Å². The van der Waals surface area contributed by atoms with E-state index < -0.39 is 15.8 Å². The lowest BCUT2D eigenvalue weighted by molar-refractivity contribution is -0.0365. The van der Waals surface area contributed by atoms with Crippen molar-refractivity contribution in [3.05, 3.63) is 30.1 Å². The average molecular weight is 355 g/mol. The molecule has 1 aliphatic carbocycles. The van der Waals surface area contributed by atoms with Gasteiger partial charge >= 0.3 is 0 Å². The van der Waals surface area contributed by atoms with Crippen molar-refractivity contribution in [2.75, 3.05) is 19.6 Å². The van der Waals surface area contributed by atoms with E-state index in [4.69, 9.17) is 5.73 Å². The summed E-state index contributed by atoms with van der Waals surface area (Å²) >= 11 is 0. The maximum absolute atomic E-state index is 13.8. The molecule has 0 bridgehead atoms. The summed E-state index contributed by atoms with van der Waals surface area (Å²) in [6.45, 7) is 3.87. The van der Waals surface area contributed by atoms with E-state index in [9.17, 15) is 12.8 Å². The third kappa shape index (κ3) is 3.35. The molecule has 7 heteroatoms. The first kappa shape index (κ1) is 17.8. The third-order valence-corrected chi connectivity index (χ3v) is 7.02. The fourth-order valence-electron chi connectivity index (χ4n) is 3.94. The molecule has 0 aromatic heterocycles. The van der Waals surface area contributed by atoms with E-state index in [1.807, 2.05) is 0 Å². The van der Waals surface area contributed by atoms with E-state index >= 15 is 0 Å². The van der Waals surface area contributed by atoms with Crippen LogP contribution in [0.15, 0.2) is 29.2 Å². The Morgan fingerprint density at radius 2 is 2.04 bits per heavy atom. The number of nitrogens with two attached hydrogens (primary N) is 1. The van der Waals surface area contributed by atoms with Gasteiger partial charge in [0.05, 0.1) is 0 Å². The minimum absolute atomic E-state index is 0.0869. The molecule has 3 N–H and O–H groups in total. The summed E-state index contributed by atoms with van der Waals surface area (Å²) in [5, 5.41) is 3.59. The number of rotatable bonds is 7. The van der Waals surface area contributed by atoms with Crippen molar-refractivity contribution in [1.82, 2.24) is 9.62 Å². The SMILES string of the molecule is CC(CCCN)NC1CC2(C1)CN(S(=O)(=O)c1ccccc1F)C2. The molecule has 1 saturated carbocycles. The zero-order valence-electron chi connectivity index (χ0n) is 14.0. The summed E-state index contributed by atoms with van der Waals surface area (Å²) in [6, 6.07) is 6.47. The van der Waals surface area contributed by atoms with E-state index in [-0.39, 0.29) is 10.3 Å². The van der Waals surface area contributed by atoms with Gasteiger partial charge < -0.3 is 11.1 Å². The van der Waals surface area contributed by atoms with E-state index in [2.05, 4.69) is 12.2 Å². The predicted octanol–water partition coefficient (Wildman–Crippen LogP) is 1.70. The monoisotopic (exact) mass is 355 g/mol. The van der Waals surface area contributed by atoms with E-state index in [0.29, 0.717) is 31.7 Å². The van der Waals surface area contributed by atoms with Crippen molar-refractivity contribution < 1.29 is 12.8 Å². The largest absolute Gasteiger partial charge is 0.330 e. The number of hydrogen-bond acceptors (Lipinski definition) is 4. The molecule has 134 valence electrons. The van der Waals surface area contributed by atoms with Gasteiger partial charge in [-0.25, -0.2) is 12.8 Å². The highest BCUT2D eigenvalue weighted by Gasteiger charge is 2.55. The van der Waals surface area contributed by atoms with Crippen molar-refractivity contribution in [3.63, 3.8) is 0 Å². The maximum atomic E-state index is 13.8. The van der Waals surface area contributed by atoms with Gasteiger partial charge in [0.1, 0.15) is 10.7 Å². The first-order valence-electron chi connectivity index (χ1n) is 8.57. The highest BCUT2D eigenvalue weighted by molar-refractivity contribution is 7.89. The van der Waals surface area contributed by atoms with Crippen LogP contribution in [-0.2, 0) is 10.0 Å². The van der Waals surface area contributed by atoms with Crippen LogP contribution in [0.2, 0.25) is 0 Å².